The highest BCUT2D eigenvalue weighted by molar-refractivity contribution is 5.97. The Balaban J connectivity index is 1.97. The Kier molecular flexibility index (Phi) is 4.04. The summed E-state index contributed by atoms with van der Waals surface area (Å²) in [7, 11) is 0. The number of carboxylic acid groups (broad SMARTS) is 1. The van der Waals surface area contributed by atoms with E-state index >= 15 is 0 Å². The van der Waals surface area contributed by atoms with Crippen molar-refractivity contribution < 1.29 is 14.6 Å². The summed E-state index contributed by atoms with van der Waals surface area (Å²) in [6.07, 6.45) is 3.35. The molecular formula is C13H18N2O3. The zero-order valence-electron chi connectivity index (χ0n) is 10.2. The lowest BCUT2D eigenvalue weighted by Gasteiger charge is -2.14. The van der Waals surface area contributed by atoms with Crippen molar-refractivity contribution in [2.45, 2.75) is 25.4 Å². The molecule has 5 heteroatoms. The molecule has 5 nitrogen and oxygen atoms in total. The Bertz CT molecular complexity index is 428. The molecule has 0 amide bonds. The van der Waals surface area contributed by atoms with Crippen LogP contribution in [0.25, 0.3) is 0 Å². The number of ether oxygens (including phenoxy) is 1. The molecule has 1 heterocycles. The van der Waals surface area contributed by atoms with Crippen molar-refractivity contribution in [1.29, 1.82) is 0 Å². The lowest BCUT2D eigenvalue weighted by Crippen LogP contribution is -2.15. The van der Waals surface area contributed by atoms with E-state index in [9.17, 15) is 4.79 Å². The average Bonchev–Trinajstić information content (AvgIpc) is 2.84. The van der Waals surface area contributed by atoms with Gasteiger partial charge in [0.2, 0.25) is 0 Å². The van der Waals surface area contributed by atoms with Crippen LogP contribution in [0.1, 0.15) is 29.6 Å². The number of para-hydroxylation sites is 1. The first-order valence-electron chi connectivity index (χ1n) is 6.15. The summed E-state index contributed by atoms with van der Waals surface area (Å²) in [5, 5.41) is 12.2. The van der Waals surface area contributed by atoms with Crippen LogP contribution in [0.4, 0.5) is 11.4 Å². The van der Waals surface area contributed by atoms with Gasteiger partial charge in [0, 0.05) is 13.2 Å². The van der Waals surface area contributed by atoms with E-state index in [-0.39, 0.29) is 11.7 Å². The molecule has 0 aromatic heterocycles. The molecule has 1 fully saturated rings. The van der Waals surface area contributed by atoms with Crippen LogP contribution in [0.3, 0.4) is 0 Å². The highest BCUT2D eigenvalue weighted by Gasteiger charge is 2.16. The molecule has 0 bridgehead atoms. The Labute approximate surface area is 106 Å². The van der Waals surface area contributed by atoms with Crippen molar-refractivity contribution >= 4 is 17.3 Å². The van der Waals surface area contributed by atoms with Crippen LogP contribution in [0.15, 0.2) is 18.2 Å². The van der Waals surface area contributed by atoms with Crippen molar-refractivity contribution in [1.82, 2.24) is 0 Å². The van der Waals surface area contributed by atoms with Crippen molar-refractivity contribution in [2.75, 3.05) is 24.2 Å². The van der Waals surface area contributed by atoms with Crippen LogP contribution in [-0.2, 0) is 4.74 Å². The fourth-order valence-corrected chi connectivity index (χ4v) is 2.18. The largest absolute Gasteiger partial charge is 0.478 e. The number of nitrogen functional groups attached to an aromatic ring is 1. The highest BCUT2D eigenvalue weighted by atomic mass is 16.5. The van der Waals surface area contributed by atoms with Crippen LogP contribution < -0.4 is 11.1 Å². The van der Waals surface area contributed by atoms with Gasteiger partial charge in [0.05, 0.1) is 23.0 Å². The van der Waals surface area contributed by atoms with Gasteiger partial charge < -0.3 is 20.9 Å². The minimum Gasteiger partial charge on any atom is -0.478 e. The Hall–Kier alpha value is -1.75. The molecule has 0 spiro atoms. The third kappa shape index (κ3) is 2.92. The highest BCUT2D eigenvalue weighted by Crippen LogP contribution is 2.24. The maximum atomic E-state index is 11.1. The number of benzene rings is 1. The van der Waals surface area contributed by atoms with E-state index in [1.165, 1.54) is 0 Å². The molecule has 0 saturated carbocycles. The maximum Gasteiger partial charge on any atom is 0.337 e. The Morgan fingerprint density at radius 3 is 3.06 bits per heavy atom. The van der Waals surface area contributed by atoms with Crippen molar-refractivity contribution in [3.63, 3.8) is 0 Å². The van der Waals surface area contributed by atoms with Gasteiger partial charge in [-0.2, -0.15) is 0 Å². The van der Waals surface area contributed by atoms with Gasteiger partial charge in [-0.15, -0.1) is 0 Å². The Morgan fingerprint density at radius 2 is 2.39 bits per heavy atom. The lowest BCUT2D eigenvalue weighted by atomic mass is 10.1. The third-order valence-corrected chi connectivity index (χ3v) is 3.12. The minimum absolute atomic E-state index is 0.211. The van der Waals surface area contributed by atoms with E-state index in [4.69, 9.17) is 15.6 Å². The zero-order valence-corrected chi connectivity index (χ0v) is 10.2. The molecule has 1 aliphatic heterocycles. The number of hydrogen-bond donors (Lipinski definition) is 3. The fraction of sp³-hybridized carbons (Fsp3) is 0.462. The summed E-state index contributed by atoms with van der Waals surface area (Å²) in [6.45, 7) is 1.50. The quantitative estimate of drug-likeness (QED) is 0.695. The molecular weight excluding hydrogens is 232 g/mol. The summed E-state index contributed by atoms with van der Waals surface area (Å²) in [4.78, 5) is 11.1. The van der Waals surface area contributed by atoms with E-state index in [0.717, 1.165) is 25.9 Å². The predicted octanol–water partition coefficient (Wildman–Crippen LogP) is 1.95. The second kappa shape index (κ2) is 5.73. The second-order valence-corrected chi connectivity index (χ2v) is 4.43. The number of nitrogens with one attached hydrogen (secondary N) is 1. The van der Waals surface area contributed by atoms with Gasteiger partial charge in [-0.1, -0.05) is 6.07 Å². The monoisotopic (exact) mass is 250 g/mol. The van der Waals surface area contributed by atoms with E-state index in [1.54, 1.807) is 18.2 Å². The summed E-state index contributed by atoms with van der Waals surface area (Å²) < 4.78 is 5.51. The van der Waals surface area contributed by atoms with Crippen molar-refractivity contribution in [2.24, 2.45) is 0 Å². The molecule has 18 heavy (non-hydrogen) atoms. The van der Waals surface area contributed by atoms with Gasteiger partial charge in [0.25, 0.3) is 0 Å². The smallest absolute Gasteiger partial charge is 0.337 e. The molecule has 0 radical (unpaired) electrons. The number of nitrogens with two attached hydrogens (primary N) is 1. The van der Waals surface area contributed by atoms with Gasteiger partial charge in [-0.25, -0.2) is 4.79 Å². The van der Waals surface area contributed by atoms with Gasteiger partial charge in [-0.05, 0) is 31.4 Å². The fourth-order valence-electron chi connectivity index (χ4n) is 2.18. The number of aromatic carboxylic acids is 1. The summed E-state index contributed by atoms with van der Waals surface area (Å²) in [6, 6.07) is 4.89. The molecule has 4 N–H and O–H groups in total. The number of rotatable bonds is 5. The molecule has 1 aliphatic rings. The van der Waals surface area contributed by atoms with Gasteiger partial charge in [0.15, 0.2) is 0 Å². The molecule has 1 unspecified atom stereocenters. The number of anilines is 2. The summed E-state index contributed by atoms with van der Waals surface area (Å²) in [5.74, 6) is -0.970. The zero-order chi connectivity index (χ0) is 13.0. The van der Waals surface area contributed by atoms with E-state index in [1.807, 2.05) is 0 Å². The molecule has 1 aromatic carbocycles. The second-order valence-electron chi connectivity index (χ2n) is 4.43. The van der Waals surface area contributed by atoms with Gasteiger partial charge in [-0.3, -0.25) is 0 Å². The van der Waals surface area contributed by atoms with Gasteiger partial charge in [0.1, 0.15) is 0 Å². The van der Waals surface area contributed by atoms with Gasteiger partial charge >= 0.3 is 5.97 Å². The van der Waals surface area contributed by atoms with Crippen LogP contribution in [0.2, 0.25) is 0 Å². The number of carbonyl (C=O) groups is 1. The SMILES string of the molecule is Nc1cccc(C(=O)O)c1NCCC1CCCO1. The van der Waals surface area contributed by atoms with Crippen molar-refractivity contribution in [3.8, 4) is 0 Å². The first-order valence-corrected chi connectivity index (χ1v) is 6.15. The van der Waals surface area contributed by atoms with Crippen LogP contribution in [0, 0.1) is 0 Å². The number of carboxylic acids is 1. The van der Waals surface area contributed by atoms with E-state index in [0.29, 0.717) is 17.9 Å². The van der Waals surface area contributed by atoms with Crippen molar-refractivity contribution in [3.05, 3.63) is 23.8 Å². The van der Waals surface area contributed by atoms with Crippen LogP contribution >= 0.6 is 0 Å². The molecule has 2 rings (SSSR count). The normalized spacial score (nSPS) is 18.8. The predicted molar refractivity (Wildman–Crippen MR) is 69.9 cm³/mol. The molecule has 98 valence electrons. The molecule has 1 aromatic rings. The van der Waals surface area contributed by atoms with Crippen LogP contribution in [-0.4, -0.2) is 30.3 Å². The van der Waals surface area contributed by atoms with E-state index in [2.05, 4.69) is 5.32 Å². The standard InChI is InChI=1S/C13H18N2O3/c14-11-5-1-4-10(13(16)17)12(11)15-7-6-9-3-2-8-18-9/h1,4-5,9,15H,2-3,6-8,14H2,(H,16,17). The molecule has 1 saturated heterocycles. The molecule has 1 atom stereocenters. The van der Waals surface area contributed by atoms with Crippen LogP contribution in [0.5, 0.6) is 0 Å². The number of hydrogen-bond acceptors (Lipinski definition) is 4. The summed E-state index contributed by atoms with van der Waals surface area (Å²) >= 11 is 0. The molecule has 0 aliphatic carbocycles. The lowest BCUT2D eigenvalue weighted by molar-refractivity contribution is 0.0698. The summed E-state index contributed by atoms with van der Waals surface area (Å²) in [5.41, 5.74) is 6.97. The third-order valence-electron chi connectivity index (χ3n) is 3.12. The minimum atomic E-state index is -0.970. The Morgan fingerprint density at radius 1 is 1.56 bits per heavy atom. The first-order chi connectivity index (χ1) is 8.68. The maximum absolute atomic E-state index is 11.1. The van der Waals surface area contributed by atoms with E-state index < -0.39 is 5.97 Å². The first kappa shape index (κ1) is 12.7. The average molecular weight is 250 g/mol. The topological polar surface area (TPSA) is 84.6 Å².